The average molecular weight is 280 g/mol. The van der Waals surface area contributed by atoms with Crippen molar-refractivity contribution in [2.75, 3.05) is 7.05 Å². The second-order valence-electron chi connectivity index (χ2n) is 5.44. The Labute approximate surface area is 117 Å². The summed E-state index contributed by atoms with van der Waals surface area (Å²) in [5, 5.41) is 16.1. The molecule has 2 atom stereocenters. The number of carbonyl (C=O) groups excluding carboxylic acids is 1. The predicted octanol–water partition coefficient (Wildman–Crippen LogP) is 1.01. The lowest BCUT2D eigenvalue weighted by atomic mass is 9.85. The zero-order valence-electron chi connectivity index (χ0n) is 11.8. The van der Waals surface area contributed by atoms with Crippen molar-refractivity contribution in [3.05, 3.63) is 11.9 Å². The van der Waals surface area contributed by atoms with E-state index in [1.807, 2.05) is 0 Å². The van der Waals surface area contributed by atoms with E-state index in [4.69, 9.17) is 5.11 Å². The summed E-state index contributed by atoms with van der Waals surface area (Å²) in [6.07, 6.45) is 5.88. The lowest BCUT2D eigenvalue weighted by molar-refractivity contribution is -0.137. The smallest absolute Gasteiger partial charge is 0.325 e. The molecule has 1 fully saturated rings. The molecule has 1 aliphatic rings. The molecule has 2 unspecified atom stereocenters. The van der Waals surface area contributed by atoms with Crippen molar-refractivity contribution in [2.45, 2.75) is 45.2 Å². The SMILES string of the molecule is CC1CCCCC1N(C)C(=O)c1cn(CC(=O)O)nn1. The number of rotatable bonds is 4. The maximum atomic E-state index is 12.4. The fraction of sp³-hybridized carbons (Fsp3) is 0.692. The normalized spacial score (nSPS) is 22.5. The van der Waals surface area contributed by atoms with Gasteiger partial charge in [0, 0.05) is 13.1 Å². The highest BCUT2D eigenvalue weighted by atomic mass is 16.4. The van der Waals surface area contributed by atoms with Crippen LogP contribution in [0, 0.1) is 5.92 Å². The fourth-order valence-corrected chi connectivity index (χ4v) is 2.82. The molecule has 110 valence electrons. The first-order valence-corrected chi connectivity index (χ1v) is 6.88. The van der Waals surface area contributed by atoms with Gasteiger partial charge in [0.05, 0.1) is 6.20 Å². The minimum absolute atomic E-state index is 0.194. The van der Waals surface area contributed by atoms with E-state index in [1.165, 1.54) is 12.6 Å². The molecule has 20 heavy (non-hydrogen) atoms. The fourth-order valence-electron chi connectivity index (χ4n) is 2.82. The Kier molecular flexibility index (Phi) is 4.36. The monoisotopic (exact) mass is 280 g/mol. The first kappa shape index (κ1) is 14.5. The van der Waals surface area contributed by atoms with Crippen molar-refractivity contribution >= 4 is 11.9 Å². The number of aliphatic carboxylic acids is 1. The van der Waals surface area contributed by atoms with Crippen LogP contribution in [-0.2, 0) is 11.3 Å². The van der Waals surface area contributed by atoms with Crippen LogP contribution in [0.2, 0.25) is 0 Å². The van der Waals surface area contributed by atoms with Gasteiger partial charge in [-0.1, -0.05) is 25.0 Å². The number of hydrogen-bond donors (Lipinski definition) is 1. The first-order valence-electron chi connectivity index (χ1n) is 6.88. The van der Waals surface area contributed by atoms with Crippen LogP contribution in [0.4, 0.5) is 0 Å². The third kappa shape index (κ3) is 3.15. The molecule has 1 aliphatic carbocycles. The quantitative estimate of drug-likeness (QED) is 0.889. The van der Waals surface area contributed by atoms with Gasteiger partial charge in [-0.25, -0.2) is 4.68 Å². The molecule has 1 N–H and O–H groups in total. The first-order chi connectivity index (χ1) is 9.49. The van der Waals surface area contributed by atoms with Gasteiger partial charge >= 0.3 is 5.97 Å². The van der Waals surface area contributed by atoms with E-state index < -0.39 is 5.97 Å². The van der Waals surface area contributed by atoms with E-state index in [9.17, 15) is 9.59 Å². The number of aromatic nitrogens is 3. The van der Waals surface area contributed by atoms with Crippen LogP contribution in [0.3, 0.4) is 0 Å². The van der Waals surface area contributed by atoms with Crippen LogP contribution in [0.5, 0.6) is 0 Å². The molecular weight excluding hydrogens is 260 g/mol. The van der Waals surface area contributed by atoms with E-state index in [0.717, 1.165) is 23.9 Å². The number of carbonyl (C=O) groups is 2. The van der Waals surface area contributed by atoms with Crippen LogP contribution in [-0.4, -0.2) is 50.0 Å². The molecular formula is C13H20N4O3. The van der Waals surface area contributed by atoms with E-state index >= 15 is 0 Å². The lowest BCUT2D eigenvalue weighted by Gasteiger charge is -2.35. The predicted molar refractivity (Wildman–Crippen MR) is 71.2 cm³/mol. The Bertz CT molecular complexity index is 500. The Hall–Kier alpha value is -1.92. The van der Waals surface area contributed by atoms with E-state index in [0.29, 0.717) is 5.92 Å². The molecule has 0 spiro atoms. The van der Waals surface area contributed by atoms with Gasteiger partial charge in [-0.2, -0.15) is 0 Å². The molecule has 1 amide bonds. The number of hydrogen-bond acceptors (Lipinski definition) is 4. The zero-order chi connectivity index (χ0) is 14.7. The summed E-state index contributed by atoms with van der Waals surface area (Å²) >= 11 is 0. The van der Waals surface area contributed by atoms with Crippen molar-refractivity contribution in [1.29, 1.82) is 0 Å². The summed E-state index contributed by atoms with van der Waals surface area (Å²) in [5.41, 5.74) is 0.200. The largest absolute Gasteiger partial charge is 0.480 e. The minimum atomic E-state index is -1.01. The Morgan fingerprint density at radius 1 is 1.45 bits per heavy atom. The number of amides is 1. The second kappa shape index (κ2) is 6.02. The van der Waals surface area contributed by atoms with Gasteiger partial charge in [0.15, 0.2) is 5.69 Å². The van der Waals surface area contributed by atoms with Crippen molar-refractivity contribution in [2.24, 2.45) is 5.92 Å². The van der Waals surface area contributed by atoms with Crippen LogP contribution in [0.15, 0.2) is 6.20 Å². The lowest BCUT2D eigenvalue weighted by Crippen LogP contribution is -2.42. The highest BCUT2D eigenvalue weighted by Gasteiger charge is 2.29. The van der Waals surface area contributed by atoms with E-state index in [-0.39, 0.29) is 24.2 Å². The van der Waals surface area contributed by atoms with Crippen LogP contribution in [0.1, 0.15) is 43.1 Å². The molecule has 1 aromatic rings. The van der Waals surface area contributed by atoms with Gasteiger partial charge < -0.3 is 10.0 Å². The van der Waals surface area contributed by atoms with Gasteiger partial charge in [-0.15, -0.1) is 5.10 Å². The third-order valence-corrected chi connectivity index (χ3v) is 3.94. The summed E-state index contributed by atoms with van der Waals surface area (Å²) < 4.78 is 1.16. The summed E-state index contributed by atoms with van der Waals surface area (Å²) in [7, 11) is 1.78. The van der Waals surface area contributed by atoms with Crippen LogP contribution >= 0.6 is 0 Å². The minimum Gasteiger partial charge on any atom is -0.480 e. The molecule has 0 aromatic carbocycles. The number of carboxylic acid groups (broad SMARTS) is 1. The Morgan fingerprint density at radius 3 is 2.80 bits per heavy atom. The van der Waals surface area contributed by atoms with Crippen LogP contribution in [0.25, 0.3) is 0 Å². The average Bonchev–Trinajstić information content (AvgIpc) is 2.85. The van der Waals surface area contributed by atoms with Gasteiger partial charge in [0.25, 0.3) is 5.91 Å². The summed E-state index contributed by atoms with van der Waals surface area (Å²) in [6.45, 7) is 1.87. The highest BCUT2D eigenvalue weighted by molar-refractivity contribution is 5.92. The number of nitrogens with zero attached hydrogens (tertiary/aromatic N) is 4. The molecule has 0 radical (unpaired) electrons. The Balaban J connectivity index is 2.06. The second-order valence-corrected chi connectivity index (χ2v) is 5.44. The topological polar surface area (TPSA) is 88.3 Å². The molecule has 0 bridgehead atoms. The summed E-state index contributed by atoms with van der Waals surface area (Å²) in [6, 6.07) is 0.223. The van der Waals surface area contributed by atoms with Gasteiger partial charge in [0.2, 0.25) is 0 Å². The molecule has 1 saturated carbocycles. The van der Waals surface area contributed by atoms with Gasteiger partial charge in [-0.3, -0.25) is 9.59 Å². The highest BCUT2D eigenvalue weighted by Crippen LogP contribution is 2.27. The molecule has 0 aliphatic heterocycles. The zero-order valence-corrected chi connectivity index (χ0v) is 11.8. The van der Waals surface area contributed by atoms with E-state index in [2.05, 4.69) is 17.2 Å². The maximum Gasteiger partial charge on any atom is 0.325 e. The van der Waals surface area contributed by atoms with Crippen molar-refractivity contribution < 1.29 is 14.7 Å². The Morgan fingerprint density at radius 2 is 2.15 bits per heavy atom. The van der Waals surface area contributed by atoms with Crippen molar-refractivity contribution in [3.63, 3.8) is 0 Å². The molecule has 1 aromatic heterocycles. The maximum absolute atomic E-state index is 12.4. The van der Waals surface area contributed by atoms with Gasteiger partial charge in [0.1, 0.15) is 6.54 Å². The van der Waals surface area contributed by atoms with Crippen molar-refractivity contribution in [1.82, 2.24) is 19.9 Å². The van der Waals surface area contributed by atoms with Crippen molar-refractivity contribution in [3.8, 4) is 0 Å². The molecule has 0 saturated heterocycles. The summed E-state index contributed by atoms with van der Waals surface area (Å²) in [5.74, 6) is -0.727. The standard InChI is InChI=1S/C13H20N4O3/c1-9-5-3-4-6-11(9)16(2)13(20)10-7-17(15-14-10)8-12(18)19/h7,9,11H,3-6,8H2,1-2H3,(H,18,19). The molecule has 7 nitrogen and oxygen atoms in total. The molecule has 1 heterocycles. The van der Waals surface area contributed by atoms with Gasteiger partial charge in [-0.05, 0) is 18.8 Å². The number of carboxylic acids is 1. The molecule has 2 rings (SSSR count). The summed E-state index contributed by atoms with van der Waals surface area (Å²) in [4.78, 5) is 24.7. The van der Waals surface area contributed by atoms with E-state index in [1.54, 1.807) is 11.9 Å². The molecule has 7 heteroatoms. The third-order valence-electron chi connectivity index (χ3n) is 3.94. The van der Waals surface area contributed by atoms with Crippen LogP contribution < -0.4 is 0 Å².